The maximum atomic E-state index is 13.7. The van der Waals surface area contributed by atoms with Crippen molar-refractivity contribution in [3.8, 4) is 0 Å². The van der Waals surface area contributed by atoms with Gasteiger partial charge in [-0.15, -0.1) is 0 Å². The minimum absolute atomic E-state index is 0.155. The van der Waals surface area contributed by atoms with E-state index in [9.17, 15) is 9.18 Å². The summed E-state index contributed by atoms with van der Waals surface area (Å²) in [5, 5.41) is 6.11. The summed E-state index contributed by atoms with van der Waals surface area (Å²) >= 11 is 5.94. The van der Waals surface area contributed by atoms with Crippen molar-refractivity contribution in [3.63, 3.8) is 0 Å². The second-order valence-electron chi connectivity index (χ2n) is 4.66. The monoisotopic (exact) mass is 306 g/mol. The maximum Gasteiger partial charge on any atom is 0.257 e. The third-order valence-electron chi connectivity index (χ3n) is 2.96. The fourth-order valence-electron chi connectivity index (χ4n) is 1.97. The molecule has 0 heterocycles. The maximum absolute atomic E-state index is 13.7. The first-order chi connectivity index (χ1) is 10.0. The SMILES string of the molecule is CCNc1ccc(Cl)cc1C(=O)Nc1cc(C)ccc1F. The lowest BCUT2D eigenvalue weighted by Crippen LogP contribution is -2.15. The Morgan fingerprint density at radius 1 is 1.19 bits per heavy atom. The molecule has 110 valence electrons. The molecule has 1 amide bonds. The molecule has 3 nitrogen and oxygen atoms in total. The first kappa shape index (κ1) is 15.3. The highest BCUT2D eigenvalue weighted by molar-refractivity contribution is 6.31. The van der Waals surface area contributed by atoms with E-state index in [4.69, 9.17) is 11.6 Å². The molecule has 0 saturated heterocycles. The van der Waals surface area contributed by atoms with Crippen LogP contribution in [0.1, 0.15) is 22.8 Å². The Morgan fingerprint density at radius 2 is 1.95 bits per heavy atom. The number of carbonyl (C=O) groups excluding carboxylic acids is 1. The average Bonchev–Trinajstić information content (AvgIpc) is 2.45. The van der Waals surface area contributed by atoms with Crippen molar-refractivity contribution in [2.75, 3.05) is 17.2 Å². The summed E-state index contributed by atoms with van der Waals surface area (Å²) in [6.45, 7) is 4.43. The van der Waals surface area contributed by atoms with Crippen LogP contribution in [0.5, 0.6) is 0 Å². The zero-order valence-corrected chi connectivity index (χ0v) is 12.6. The van der Waals surface area contributed by atoms with E-state index >= 15 is 0 Å². The van der Waals surface area contributed by atoms with Gasteiger partial charge < -0.3 is 10.6 Å². The Kier molecular flexibility index (Phi) is 4.81. The van der Waals surface area contributed by atoms with Crippen LogP contribution in [-0.4, -0.2) is 12.5 Å². The smallest absolute Gasteiger partial charge is 0.257 e. The molecule has 0 aliphatic carbocycles. The van der Waals surface area contributed by atoms with Crippen LogP contribution in [0.2, 0.25) is 5.02 Å². The number of carbonyl (C=O) groups is 1. The zero-order valence-electron chi connectivity index (χ0n) is 11.8. The van der Waals surface area contributed by atoms with Gasteiger partial charge in [0, 0.05) is 17.3 Å². The van der Waals surface area contributed by atoms with E-state index < -0.39 is 11.7 Å². The van der Waals surface area contributed by atoms with Crippen LogP contribution in [-0.2, 0) is 0 Å². The second-order valence-corrected chi connectivity index (χ2v) is 5.09. The molecule has 2 aromatic rings. The summed E-state index contributed by atoms with van der Waals surface area (Å²) in [5.74, 6) is -0.876. The van der Waals surface area contributed by atoms with E-state index in [0.717, 1.165) is 5.56 Å². The number of aryl methyl sites for hydroxylation is 1. The van der Waals surface area contributed by atoms with Gasteiger partial charge in [0.25, 0.3) is 5.91 Å². The molecule has 5 heteroatoms. The van der Waals surface area contributed by atoms with Gasteiger partial charge in [-0.25, -0.2) is 4.39 Å². The number of halogens is 2. The highest BCUT2D eigenvalue weighted by Gasteiger charge is 2.14. The van der Waals surface area contributed by atoms with Gasteiger partial charge in [0.05, 0.1) is 11.3 Å². The van der Waals surface area contributed by atoms with Crippen LogP contribution >= 0.6 is 11.6 Å². The Labute approximate surface area is 128 Å². The zero-order chi connectivity index (χ0) is 15.4. The Balaban J connectivity index is 2.31. The molecule has 0 atom stereocenters. The number of nitrogens with one attached hydrogen (secondary N) is 2. The van der Waals surface area contributed by atoms with Gasteiger partial charge in [-0.1, -0.05) is 17.7 Å². The quantitative estimate of drug-likeness (QED) is 0.875. The molecular weight excluding hydrogens is 291 g/mol. The molecule has 0 unspecified atom stereocenters. The first-order valence-corrected chi connectivity index (χ1v) is 7.00. The van der Waals surface area contributed by atoms with Gasteiger partial charge in [0.2, 0.25) is 0 Å². The van der Waals surface area contributed by atoms with E-state index in [2.05, 4.69) is 10.6 Å². The number of anilines is 2. The lowest BCUT2D eigenvalue weighted by molar-refractivity contribution is 0.102. The molecule has 0 aliphatic rings. The van der Waals surface area contributed by atoms with Crippen LogP contribution in [0.3, 0.4) is 0 Å². The Morgan fingerprint density at radius 3 is 2.67 bits per heavy atom. The second kappa shape index (κ2) is 6.59. The van der Waals surface area contributed by atoms with Crippen LogP contribution in [0.25, 0.3) is 0 Å². The normalized spacial score (nSPS) is 10.3. The van der Waals surface area contributed by atoms with E-state index in [1.54, 1.807) is 30.3 Å². The molecule has 2 N–H and O–H groups in total. The third kappa shape index (κ3) is 3.73. The summed E-state index contributed by atoms with van der Waals surface area (Å²) in [4.78, 5) is 12.3. The fourth-order valence-corrected chi connectivity index (χ4v) is 2.15. The number of hydrogen-bond donors (Lipinski definition) is 2. The Hall–Kier alpha value is -2.07. The van der Waals surface area contributed by atoms with E-state index in [1.807, 2.05) is 13.8 Å². The summed E-state index contributed by atoms with van der Waals surface area (Å²) in [5.41, 5.74) is 2.06. The van der Waals surface area contributed by atoms with E-state index in [0.29, 0.717) is 22.8 Å². The standard InChI is InChI=1S/C16H16ClFN2O/c1-3-19-14-7-5-11(17)9-12(14)16(21)20-15-8-10(2)4-6-13(15)18/h4-9,19H,3H2,1-2H3,(H,20,21). The van der Waals surface area contributed by atoms with Crippen molar-refractivity contribution in [2.45, 2.75) is 13.8 Å². The minimum atomic E-state index is -0.471. The Bertz CT molecular complexity index is 673. The molecule has 0 radical (unpaired) electrons. The van der Waals surface area contributed by atoms with E-state index in [1.165, 1.54) is 6.07 Å². The van der Waals surface area contributed by atoms with Gasteiger partial charge in [-0.05, 0) is 49.7 Å². The highest BCUT2D eigenvalue weighted by atomic mass is 35.5. The molecule has 0 fully saturated rings. The molecule has 21 heavy (non-hydrogen) atoms. The van der Waals surface area contributed by atoms with E-state index in [-0.39, 0.29) is 5.69 Å². The van der Waals surface area contributed by atoms with Crippen LogP contribution in [0.4, 0.5) is 15.8 Å². The van der Waals surface area contributed by atoms with Gasteiger partial charge in [0.15, 0.2) is 0 Å². The summed E-state index contributed by atoms with van der Waals surface area (Å²) < 4.78 is 13.7. The molecular formula is C16H16ClFN2O. The molecule has 2 rings (SSSR count). The number of rotatable bonds is 4. The van der Waals surface area contributed by atoms with Gasteiger partial charge in [0.1, 0.15) is 5.82 Å². The number of amides is 1. The average molecular weight is 307 g/mol. The molecule has 0 aromatic heterocycles. The summed E-state index contributed by atoms with van der Waals surface area (Å²) in [6, 6.07) is 9.55. The van der Waals surface area contributed by atoms with Crippen molar-refractivity contribution in [2.24, 2.45) is 0 Å². The molecule has 0 bridgehead atoms. The van der Waals surface area contributed by atoms with Crippen molar-refractivity contribution in [1.29, 1.82) is 0 Å². The number of hydrogen-bond acceptors (Lipinski definition) is 2. The van der Waals surface area contributed by atoms with Crippen molar-refractivity contribution >= 4 is 28.9 Å². The van der Waals surface area contributed by atoms with Crippen LogP contribution in [0, 0.1) is 12.7 Å². The highest BCUT2D eigenvalue weighted by Crippen LogP contribution is 2.23. The predicted molar refractivity (Wildman–Crippen MR) is 84.7 cm³/mol. The van der Waals surface area contributed by atoms with Crippen molar-refractivity contribution in [3.05, 3.63) is 58.4 Å². The lowest BCUT2D eigenvalue weighted by Gasteiger charge is -2.12. The predicted octanol–water partition coefficient (Wildman–Crippen LogP) is 4.47. The van der Waals surface area contributed by atoms with Gasteiger partial charge >= 0.3 is 0 Å². The first-order valence-electron chi connectivity index (χ1n) is 6.62. The van der Waals surface area contributed by atoms with Crippen LogP contribution < -0.4 is 10.6 Å². The van der Waals surface area contributed by atoms with Gasteiger partial charge in [-0.3, -0.25) is 4.79 Å². The molecule has 0 spiro atoms. The van der Waals surface area contributed by atoms with Crippen LogP contribution in [0.15, 0.2) is 36.4 Å². The largest absolute Gasteiger partial charge is 0.385 e. The third-order valence-corrected chi connectivity index (χ3v) is 3.20. The summed E-state index contributed by atoms with van der Waals surface area (Å²) in [7, 11) is 0. The van der Waals surface area contributed by atoms with Crippen molar-refractivity contribution < 1.29 is 9.18 Å². The molecule has 0 saturated carbocycles. The molecule has 0 aliphatic heterocycles. The lowest BCUT2D eigenvalue weighted by atomic mass is 10.1. The topological polar surface area (TPSA) is 41.1 Å². The summed E-state index contributed by atoms with van der Waals surface area (Å²) in [6.07, 6.45) is 0. The number of benzene rings is 2. The fraction of sp³-hybridized carbons (Fsp3) is 0.188. The van der Waals surface area contributed by atoms with Crippen molar-refractivity contribution in [1.82, 2.24) is 0 Å². The molecule has 2 aromatic carbocycles. The van der Waals surface area contributed by atoms with Gasteiger partial charge in [-0.2, -0.15) is 0 Å². The minimum Gasteiger partial charge on any atom is -0.385 e.